The number of hydrogen-bond acceptors (Lipinski definition) is 7. The number of ether oxygens (including phenoxy) is 1. The van der Waals surface area contributed by atoms with Crippen LogP contribution in [0.5, 0.6) is 5.88 Å². The Labute approximate surface area is 164 Å². The van der Waals surface area contributed by atoms with Gasteiger partial charge in [-0.1, -0.05) is 22.8 Å². The molecular formula is C19H15ClN4O2S. The molecule has 8 heteroatoms. The predicted molar refractivity (Wildman–Crippen MR) is 105 cm³/mol. The highest BCUT2D eigenvalue weighted by Crippen LogP contribution is 2.26. The fourth-order valence-electron chi connectivity index (χ4n) is 2.53. The summed E-state index contributed by atoms with van der Waals surface area (Å²) in [6.45, 7) is 0.447. The lowest BCUT2D eigenvalue weighted by atomic mass is 10.1. The summed E-state index contributed by atoms with van der Waals surface area (Å²) < 4.78 is 11.8. The third-order valence-electron chi connectivity index (χ3n) is 3.84. The van der Waals surface area contributed by atoms with E-state index in [2.05, 4.69) is 15.1 Å². The number of anilines is 1. The molecule has 0 aliphatic heterocycles. The van der Waals surface area contributed by atoms with E-state index >= 15 is 0 Å². The number of pyridine rings is 2. The summed E-state index contributed by atoms with van der Waals surface area (Å²) in [6, 6.07) is 13.1. The fourth-order valence-corrected chi connectivity index (χ4v) is 3.53. The molecule has 0 aliphatic carbocycles. The molecule has 6 nitrogen and oxygen atoms in total. The summed E-state index contributed by atoms with van der Waals surface area (Å²) in [5, 5.41) is 4.10. The maximum atomic E-state index is 5.91. The van der Waals surface area contributed by atoms with Crippen LogP contribution in [-0.2, 0) is 13.0 Å². The van der Waals surface area contributed by atoms with Crippen LogP contribution in [0.3, 0.4) is 0 Å². The molecule has 0 atom stereocenters. The van der Waals surface area contributed by atoms with Gasteiger partial charge in [-0.2, -0.15) is 0 Å². The molecule has 27 heavy (non-hydrogen) atoms. The fraction of sp³-hybridized carbons (Fsp3) is 0.105. The van der Waals surface area contributed by atoms with Gasteiger partial charge >= 0.3 is 0 Å². The van der Waals surface area contributed by atoms with Crippen LogP contribution in [0, 0.1) is 0 Å². The van der Waals surface area contributed by atoms with Crippen molar-refractivity contribution < 1.29 is 9.26 Å². The molecule has 4 rings (SSSR count). The van der Waals surface area contributed by atoms with E-state index in [9.17, 15) is 0 Å². The molecule has 0 saturated carbocycles. The summed E-state index contributed by atoms with van der Waals surface area (Å²) in [5.74, 6) is 1.57. The number of halogens is 1. The van der Waals surface area contributed by atoms with Gasteiger partial charge in [-0.05, 0) is 29.8 Å². The van der Waals surface area contributed by atoms with Gasteiger partial charge in [-0.25, -0.2) is 9.97 Å². The molecule has 136 valence electrons. The van der Waals surface area contributed by atoms with Crippen molar-refractivity contribution >= 4 is 28.8 Å². The minimum Gasteiger partial charge on any atom is -0.472 e. The number of nitrogens with zero attached hydrogens (tertiary/aromatic N) is 3. The maximum Gasteiger partial charge on any atom is 0.213 e. The number of thiophene rings is 1. The average molecular weight is 399 g/mol. The molecule has 4 aromatic rings. The van der Waals surface area contributed by atoms with Crippen molar-refractivity contribution in [3.63, 3.8) is 0 Å². The third kappa shape index (κ3) is 4.27. The first kappa shape index (κ1) is 17.5. The molecule has 4 heterocycles. The molecular weight excluding hydrogens is 384 g/mol. The van der Waals surface area contributed by atoms with Gasteiger partial charge in [0, 0.05) is 35.8 Å². The highest BCUT2D eigenvalue weighted by Gasteiger charge is 2.11. The molecule has 0 aliphatic rings. The molecule has 0 bridgehead atoms. The second-order valence-electron chi connectivity index (χ2n) is 5.79. The second-order valence-corrected chi connectivity index (χ2v) is 7.59. The van der Waals surface area contributed by atoms with E-state index in [1.807, 2.05) is 36.4 Å². The van der Waals surface area contributed by atoms with E-state index in [1.165, 1.54) is 11.3 Å². The van der Waals surface area contributed by atoms with Gasteiger partial charge in [-0.3, -0.25) is 0 Å². The monoisotopic (exact) mass is 398 g/mol. The third-order valence-corrected chi connectivity index (χ3v) is 5.04. The Hall–Kier alpha value is -2.90. The van der Waals surface area contributed by atoms with Crippen molar-refractivity contribution in [2.45, 2.75) is 13.0 Å². The zero-order valence-electron chi connectivity index (χ0n) is 14.1. The first-order valence-electron chi connectivity index (χ1n) is 8.16. The maximum absolute atomic E-state index is 5.91. The topological polar surface area (TPSA) is 87.1 Å². The lowest BCUT2D eigenvalue weighted by Crippen LogP contribution is -1.96. The molecule has 0 saturated heterocycles. The number of nitrogen functional groups attached to an aromatic ring is 1. The lowest BCUT2D eigenvalue weighted by Gasteiger charge is -2.04. The smallest absolute Gasteiger partial charge is 0.213 e. The van der Waals surface area contributed by atoms with E-state index in [0.29, 0.717) is 30.5 Å². The van der Waals surface area contributed by atoms with Crippen molar-refractivity contribution in [2.75, 3.05) is 5.73 Å². The highest BCUT2D eigenvalue weighted by atomic mass is 35.5. The van der Waals surface area contributed by atoms with Crippen molar-refractivity contribution in [2.24, 2.45) is 0 Å². The predicted octanol–water partition coefficient (Wildman–Crippen LogP) is 4.60. The zero-order valence-corrected chi connectivity index (χ0v) is 15.7. The van der Waals surface area contributed by atoms with Gasteiger partial charge in [0.05, 0.1) is 15.6 Å². The molecule has 0 fully saturated rings. The van der Waals surface area contributed by atoms with Gasteiger partial charge in [0.25, 0.3) is 0 Å². The summed E-state index contributed by atoms with van der Waals surface area (Å²) in [6.07, 6.45) is 4.00. The zero-order chi connectivity index (χ0) is 18.6. The minimum absolute atomic E-state index is 0.412. The highest BCUT2D eigenvalue weighted by molar-refractivity contribution is 7.16. The molecule has 0 aromatic carbocycles. The summed E-state index contributed by atoms with van der Waals surface area (Å²) in [4.78, 5) is 9.45. The summed E-state index contributed by atoms with van der Waals surface area (Å²) >= 11 is 7.41. The molecule has 0 unspecified atom stereocenters. The van der Waals surface area contributed by atoms with Gasteiger partial charge in [0.15, 0.2) is 5.76 Å². The van der Waals surface area contributed by atoms with Gasteiger partial charge in [0.1, 0.15) is 12.4 Å². The normalized spacial score (nSPS) is 10.9. The van der Waals surface area contributed by atoms with E-state index in [0.717, 1.165) is 26.0 Å². The molecule has 0 amide bonds. The van der Waals surface area contributed by atoms with Crippen LogP contribution in [0.4, 0.5) is 5.82 Å². The Morgan fingerprint density at radius 2 is 2.07 bits per heavy atom. The minimum atomic E-state index is 0.412. The number of rotatable bonds is 6. The number of hydrogen-bond donors (Lipinski definition) is 1. The largest absolute Gasteiger partial charge is 0.472 e. The second kappa shape index (κ2) is 7.77. The van der Waals surface area contributed by atoms with E-state index in [1.54, 1.807) is 18.5 Å². The van der Waals surface area contributed by atoms with Crippen LogP contribution >= 0.6 is 22.9 Å². The first-order valence-corrected chi connectivity index (χ1v) is 9.35. The van der Waals surface area contributed by atoms with Crippen LogP contribution in [0.25, 0.3) is 11.3 Å². The summed E-state index contributed by atoms with van der Waals surface area (Å²) in [7, 11) is 0. The molecule has 0 radical (unpaired) electrons. The van der Waals surface area contributed by atoms with Crippen LogP contribution in [0.15, 0.2) is 59.4 Å². The lowest BCUT2D eigenvalue weighted by molar-refractivity contribution is 0.297. The van der Waals surface area contributed by atoms with Crippen molar-refractivity contribution in [3.05, 3.63) is 75.3 Å². The van der Waals surface area contributed by atoms with Gasteiger partial charge in [-0.15, -0.1) is 11.3 Å². The Morgan fingerprint density at radius 3 is 2.81 bits per heavy atom. The van der Waals surface area contributed by atoms with Crippen molar-refractivity contribution in [1.29, 1.82) is 0 Å². The average Bonchev–Trinajstić information content (AvgIpc) is 3.30. The Bertz CT molecular complexity index is 1050. The van der Waals surface area contributed by atoms with Gasteiger partial charge < -0.3 is 15.0 Å². The van der Waals surface area contributed by atoms with Crippen molar-refractivity contribution in [3.8, 4) is 17.2 Å². The van der Waals surface area contributed by atoms with Crippen LogP contribution in [-0.4, -0.2) is 15.1 Å². The summed E-state index contributed by atoms with van der Waals surface area (Å²) in [5.41, 5.74) is 8.39. The van der Waals surface area contributed by atoms with E-state index in [4.69, 9.17) is 26.6 Å². The molecule has 0 spiro atoms. The Balaban J connectivity index is 1.39. The Morgan fingerprint density at radius 1 is 1.15 bits per heavy atom. The Kier molecular flexibility index (Phi) is 5.04. The van der Waals surface area contributed by atoms with E-state index in [-0.39, 0.29) is 0 Å². The number of aromatic nitrogens is 3. The van der Waals surface area contributed by atoms with Crippen LogP contribution in [0.1, 0.15) is 16.1 Å². The first-order chi connectivity index (χ1) is 13.2. The number of nitrogens with two attached hydrogens (primary N) is 1. The van der Waals surface area contributed by atoms with Crippen LogP contribution < -0.4 is 10.5 Å². The standard InChI is InChI=1S/C19H15ClN4O2S/c20-17-5-4-14(27-17)11-25-18-6-3-12(10-23-18)8-13-9-16(26-24-13)15-2-1-7-22-19(15)21/h1-7,9-10H,8,11H2,(H2,21,22). The molecule has 4 aromatic heterocycles. The quantitative estimate of drug-likeness (QED) is 0.510. The van der Waals surface area contributed by atoms with Crippen molar-refractivity contribution in [1.82, 2.24) is 15.1 Å². The van der Waals surface area contributed by atoms with Gasteiger partial charge in [0.2, 0.25) is 5.88 Å². The van der Waals surface area contributed by atoms with E-state index < -0.39 is 0 Å². The van der Waals surface area contributed by atoms with Crippen LogP contribution in [0.2, 0.25) is 4.34 Å². The molecule has 2 N–H and O–H groups in total. The SMILES string of the molecule is Nc1ncccc1-c1cc(Cc2ccc(OCc3ccc(Cl)s3)nc2)no1.